The molecule has 0 bridgehead atoms. The molecule has 0 aromatic carbocycles. The maximum Gasteiger partial charge on any atom is 0.401 e. The first-order valence-electron chi connectivity index (χ1n) is 5.85. The van der Waals surface area contributed by atoms with Gasteiger partial charge in [0.15, 0.2) is 9.84 Å². The molecule has 0 aliphatic carbocycles. The molecule has 3 nitrogen and oxygen atoms in total. The van der Waals surface area contributed by atoms with Crippen LogP contribution in [-0.4, -0.2) is 38.2 Å². The molecular weight excluding hydrogens is 267 g/mol. The van der Waals surface area contributed by atoms with Gasteiger partial charge in [-0.05, 0) is 39.7 Å². The van der Waals surface area contributed by atoms with Crippen molar-refractivity contribution in [3.63, 3.8) is 0 Å². The van der Waals surface area contributed by atoms with E-state index >= 15 is 0 Å². The largest absolute Gasteiger partial charge is 0.401 e. The Kier molecular flexibility index (Phi) is 6.13. The van der Waals surface area contributed by atoms with Gasteiger partial charge in [-0.25, -0.2) is 8.42 Å². The first kappa shape index (κ1) is 17.7. The van der Waals surface area contributed by atoms with E-state index in [1.165, 1.54) is 0 Å². The summed E-state index contributed by atoms with van der Waals surface area (Å²) in [5, 5.41) is 2.28. The monoisotopic (exact) mass is 289 g/mol. The fourth-order valence-electron chi connectivity index (χ4n) is 1.22. The van der Waals surface area contributed by atoms with Crippen molar-refractivity contribution < 1.29 is 21.6 Å². The predicted octanol–water partition coefficient (Wildman–Crippen LogP) is 2.38. The molecule has 0 heterocycles. The summed E-state index contributed by atoms with van der Waals surface area (Å²) in [6.07, 6.45) is -3.86. The molecule has 18 heavy (non-hydrogen) atoms. The number of nitrogens with one attached hydrogen (secondary N) is 1. The van der Waals surface area contributed by atoms with E-state index in [0.29, 0.717) is 6.42 Å². The quantitative estimate of drug-likeness (QED) is 0.816. The van der Waals surface area contributed by atoms with Gasteiger partial charge in [-0.2, -0.15) is 13.2 Å². The Balaban J connectivity index is 4.02. The van der Waals surface area contributed by atoms with E-state index in [-0.39, 0.29) is 18.2 Å². The minimum atomic E-state index is -4.22. The third-order valence-electron chi connectivity index (χ3n) is 2.63. The van der Waals surface area contributed by atoms with E-state index in [1.54, 1.807) is 27.7 Å². The molecule has 0 spiro atoms. The second-order valence-electron chi connectivity index (χ2n) is 5.57. The van der Waals surface area contributed by atoms with E-state index in [0.717, 1.165) is 0 Å². The van der Waals surface area contributed by atoms with Crippen molar-refractivity contribution in [2.24, 2.45) is 5.92 Å². The first-order valence-corrected chi connectivity index (χ1v) is 7.50. The zero-order valence-electron chi connectivity index (χ0n) is 11.3. The van der Waals surface area contributed by atoms with Gasteiger partial charge in [0.1, 0.15) is 0 Å². The number of hydrogen-bond donors (Lipinski definition) is 1. The summed E-state index contributed by atoms with van der Waals surface area (Å²) in [6, 6.07) is 0. The van der Waals surface area contributed by atoms with Gasteiger partial charge in [0, 0.05) is 0 Å². The third-order valence-corrected chi connectivity index (χ3v) is 5.27. The van der Waals surface area contributed by atoms with Crippen molar-refractivity contribution in [1.82, 2.24) is 5.32 Å². The molecule has 0 aromatic rings. The fourth-order valence-corrected chi connectivity index (χ4v) is 2.55. The van der Waals surface area contributed by atoms with Gasteiger partial charge < -0.3 is 5.32 Å². The highest BCUT2D eigenvalue weighted by Crippen LogP contribution is 2.18. The molecule has 0 aliphatic rings. The summed E-state index contributed by atoms with van der Waals surface area (Å²) >= 11 is 0. The molecule has 0 saturated heterocycles. The summed E-state index contributed by atoms with van der Waals surface area (Å²) in [6.45, 7) is 5.72. The van der Waals surface area contributed by atoms with Crippen LogP contribution in [0.4, 0.5) is 13.2 Å². The van der Waals surface area contributed by atoms with Crippen molar-refractivity contribution in [3.05, 3.63) is 0 Å². The number of rotatable bonds is 6. The van der Waals surface area contributed by atoms with Crippen molar-refractivity contribution in [2.75, 3.05) is 18.8 Å². The molecule has 0 radical (unpaired) electrons. The lowest BCUT2D eigenvalue weighted by molar-refractivity contribution is -0.125. The Morgan fingerprint density at radius 1 is 1.17 bits per heavy atom. The predicted molar refractivity (Wildman–Crippen MR) is 66.2 cm³/mol. The van der Waals surface area contributed by atoms with Gasteiger partial charge >= 0.3 is 6.18 Å². The highest BCUT2D eigenvalue weighted by molar-refractivity contribution is 7.92. The average Bonchev–Trinajstić information content (AvgIpc) is 2.11. The molecule has 110 valence electrons. The van der Waals surface area contributed by atoms with E-state index in [4.69, 9.17) is 0 Å². The van der Waals surface area contributed by atoms with Crippen LogP contribution in [0.3, 0.4) is 0 Å². The number of alkyl halides is 3. The fraction of sp³-hybridized carbons (Fsp3) is 1.00. The van der Waals surface area contributed by atoms with Crippen LogP contribution in [-0.2, 0) is 9.84 Å². The van der Waals surface area contributed by atoms with Crippen LogP contribution >= 0.6 is 0 Å². The van der Waals surface area contributed by atoms with Crippen molar-refractivity contribution in [1.29, 1.82) is 0 Å². The van der Waals surface area contributed by atoms with E-state index in [9.17, 15) is 21.6 Å². The van der Waals surface area contributed by atoms with E-state index in [2.05, 4.69) is 5.32 Å². The number of sulfone groups is 1. The molecule has 7 heteroatoms. The van der Waals surface area contributed by atoms with Gasteiger partial charge in [-0.1, -0.05) is 6.92 Å². The van der Waals surface area contributed by atoms with Crippen LogP contribution in [0.25, 0.3) is 0 Å². The SMILES string of the molecule is CC(CCS(=O)(=O)C(C)(C)C)CNCC(F)(F)F. The van der Waals surface area contributed by atoms with Gasteiger partial charge in [0.05, 0.1) is 17.0 Å². The topological polar surface area (TPSA) is 46.2 Å². The molecule has 0 amide bonds. The number of hydrogen-bond acceptors (Lipinski definition) is 3. The lowest BCUT2D eigenvalue weighted by Gasteiger charge is -2.21. The van der Waals surface area contributed by atoms with Crippen molar-refractivity contribution in [3.8, 4) is 0 Å². The van der Waals surface area contributed by atoms with Crippen LogP contribution in [0.2, 0.25) is 0 Å². The second-order valence-corrected chi connectivity index (χ2v) is 8.43. The Hall–Kier alpha value is -0.300. The lowest BCUT2D eigenvalue weighted by atomic mass is 10.1. The highest BCUT2D eigenvalue weighted by Gasteiger charge is 2.29. The summed E-state index contributed by atoms with van der Waals surface area (Å²) in [4.78, 5) is 0. The first-order chi connectivity index (χ1) is 7.85. The van der Waals surface area contributed by atoms with Crippen molar-refractivity contribution in [2.45, 2.75) is 45.0 Å². The van der Waals surface area contributed by atoms with Crippen LogP contribution in [0, 0.1) is 5.92 Å². The summed E-state index contributed by atoms with van der Waals surface area (Å²) < 4.78 is 58.4. The Morgan fingerprint density at radius 2 is 1.67 bits per heavy atom. The molecule has 0 aliphatic heterocycles. The van der Waals surface area contributed by atoms with Crippen molar-refractivity contribution >= 4 is 9.84 Å². The minimum Gasteiger partial charge on any atom is -0.308 e. The van der Waals surface area contributed by atoms with Crippen LogP contribution < -0.4 is 5.32 Å². The average molecular weight is 289 g/mol. The third kappa shape index (κ3) is 7.20. The summed E-state index contributed by atoms with van der Waals surface area (Å²) in [5.41, 5.74) is 0. The standard InChI is InChI=1S/C11H22F3NO2S/c1-9(7-15-8-11(12,13)14)5-6-18(16,17)10(2,3)4/h9,15H,5-8H2,1-4H3. The van der Waals surface area contributed by atoms with E-state index < -0.39 is 27.3 Å². The zero-order valence-corrected chi connectivity index (χ0v) is 12.1. The van der Waals surface area contributed by atoms with Gasteiger partial charge in [0.25, 0.3) is 0 Å². The molecule has 0 fully saturated rings. The van der Waals surface area contributed by atoms with Gasteiger partial charge in [0.2, 0.25) is 0 Å². The van der Waals surface area contributed by atoms with Gasteiger partial charge in [-0.15, -0.1) is 0 Å². The van der Waals surface area contributed by atoms with Crippen LogP contribution in [0.5, 0.6) is 0 Å². The van der Waals surface area contributed by atoms with Gasteiger partial charge in [-0.3, -0.25) is 0 Å². The van der Waals surface area contributed by atoms with Crippen LogP contribution in [0.15, 0.2) is 0 Å². The Labute approximate surface area is 107 Å². The summed E-state index contributed by atoms with van der Waals surface area (Å²) in [5.74, 6) is -0.102. The zero-order chi connectivity index (χ0) is 14.6. The molecule has 1 N–H and O–H groups in total. The lowest BCUT2D eigenvalue weighted by Crippen LogP contribution is -2.34. The van der Waals surface area contributed by atoms with Crippen LogP contribution in [0.1, 0.15) is 34.1 Å². The molecule has 0 aromatic heterocycles. The molecule has 1 atom stereocenters. The maximum atomic E-state index is 11.9. The highest BCUT2D eigenvalue weighted by atomic mass is 32.2. The number of halogens is 3. The van der Waals surface area contributed by atoms with E-state index in [1.807, 2.05) is 0 Å². The summed E-state index contributed by atoms with van der Waals surface area (Å²) in [7, 11) is -3.20. The normalized spacial score (nSPS) is 15.7. The molecule has 0 rings (SSSR count). The Bertz CT molecular complexity index is 344. The maximum absolute atomic E-state index is 11.9. The Morgan fingerprint density at radius 3 is 2.06 bits per heavy atom. The molecule has 0 saturated carbocycles. The minimum absolute atomic E-state index is 0.00532. The molecule has 1 unspecified atom stereocenters. The molecular formula is C11H22F3NO2S. The smallest absolute Gasteiger partial charge is 0.308 e. The second kappa shape index (κ2) is 6.23.